The van der Waals surface area contributed by atoms with Crippen molar-refractivity contribution in [1.82, 2.24) is 10.2 Å². The van der Waals surface area contributed by atoms with Crippen LogP contribution in [0.4, 0.5) is 5.69 Å². The number of anilines is 1. The lowest BCUT2D eigenvalue weighted by Crippen LogP contribution is -2.54. The van der Waals surface area contributed by atoms with Gasteiger partial charge >= 0.3 is 0 Å². The Labute approximate surface area is 146 Å². The Bertz CT molecular complexity index is 693. The number of amides is 2. The quantitative estimate of drug-likeness (QED) is 0.796. The number of nitrogens with zero attached hydrogens (tertiary/aromatic N) is 2. The maximum absolute atomic E-state index is 12.9. The van der Waals surface area contributed by atoms with Crippen molar-refractivity contribution in [3.05, 3.63) is 18.2 Å². The highest BCUT2D eigenvalue weighted by atomic mass is 16.6. The number of carbonyl (C=O) groups excluding carboxylic acids is 2. The maximum Gasteiger partial charge on any atom is 0.239 e. The number of benzene rings is 1. The Morgan fingerprint density at radius 3 is 2.80 bits per heavy atom. The summed E-state index contributed by atoms with van der Waals surface area (Å²) in [4.78, 5) is 29.2. The van der Waals surface area contributed by atoms with E-state index < -0.39 is 5.92 Å². The molecule has 3 aliphatic rings. The highest BCUT2D eigenvalue weighted by Crippen LogP contribution is 2.36. The zero-order valence-corrected chi connectivity index (χ0v) is 14.4. The van der Waals surface area contributed by atoms with E-state index in [0.29, 0.717) is 44.2 Å². The third-order valence-corrected chi connectivity index (χ3v) is 5.13. The van der Waals surface area contributed by atoms with Crippen LogP contribution >= 0.6 is 0 Å². The fourth-order valence-corrected chi connectivity index (χ4v) is 3.73. The first-order valence-electron chi connectivity index (χ1n) is 8.87. The van der Waals surface area contributed by atoms with Crippen molar-refractivity contribution in [3.63, 3.8) is 0 Å². The molecular weight excluding hydrogens is 322 g/mol. The van der Waals surface area contributed by atoms with Crippen LogP contribution in [0.5, 0.6) is 11.5 Å². The van der Waals surface area contributed by atoms with E-state index in [0.717, 1.165) is 18.8 Å². The molecule has 1 aromatic carbocycles. The predicted molar refractivity (Wildman–Crippen MR) is 91.9 cm³/mol. The topological polar surface area (TPSA) is 71.1 Å². The first kappa shape index (κ1) is 16.2. The van der Waals surface area contributed by atoms with Gasteiger partial charge < -0.3 is 24.6 Å². The number of nitrogens with one attached hydrogen (secondary N) is 1. The second-order valence-electron chi connectivity index (χ2n) is 6.74. The van der Waals surface area contributed by atoms with E-state index in [1.807, 2.05) is 30.0 Å². The van der Waals surface area contributed by atoms with Gasteiger partial charge in [-0.1, -0.05) is 0 Å². The standard InChI is InChI=1S/C18H23N3O4/c1-12-11-19-5-7-20(12)17(22)14-4-6-21(18(14)23)13-2-3-15-16(10-13)25-9-8-24-15/h2-3,10,12,14,19H,4-9,11H2,1H3. The van der Waals surface area contributed by atoms with Crippen LogP contribution in [0.3, 0.4) is 0 Å². The van der Waals surface area contributed by atoms with Gasteiger partial charge in [-0.2, -0.15) is 0 Å². The van der Waals surface area contributed by atoms with E-state index >= 15 is 0 Å². The Morgan fingerprint density at radius 2 is 2.00 bits per heavy atom. The molecule has 7 heteroatoms. The van der Waals surface area contributed by atoms with Crippen LogP contribution in [-0.2, 0) is 9.59 Å². The average molecular weight is 345 g/mol. The fourth-order valence-electron chi connectivity index (χ4n) is 3.73. The Morgan fingerprint density at radius 1 is 1.20 bits per heavy atom. The monoisotopic (exact) mass is 345 g/mol. The van der Waals surface area contributed by atoms with Crippen molar-refractivity contribution in [1.29, 1.82) is 0 Å². The molecular formula is C18H23N3O4. The largest absolute Gasteiger partial charge is 0.486 e. The second kappa shape index (κ2) is 6.55. The molecule has 2 unspecified atom stereocenters. The van der Waals surface area contributed by atoms with Gasteiger partial charge in [-0.05, 0) is 25.5 Å². The van der Waals surface area contributed by atoms with Gasteiger partial charge in [-0.15, -0.1) is 0 Å². The van der Waals surface area contributed by atoms with Crippen LogP contribution in [0.1, 0.15) is 13.3 Å². The SMILES string of the molecule is CC1CNCCN1C(=O)C1CCN(c2ccc3c(c2)OCCO3)C1=O. The molecule has 134 valence electrons. The lowest BCUT2D eigenvalue weighted by Gasteiger charge is -2.35. The van der Waals surface area contributed by atoms with Gasteiger partial charge in [0, 0.05) is 44.0 Å². The van der Waals surface area contributed by atoms with Crippen LogP contribution in [0.15, 0.2) is 18.2 Å². The van der Waals surface area contributed by atoms with E-state index in [1.165, 1.54) is 0 Å². The third-order valence-electron chi connectivity index (χ3n) is 5.13. The van der Waals surface area contributed by atoms with Crippen molar-refractivity contribution in [3.8, 4) is 11.5 Å². The zero-order chi connectivity index (χ0) is 17.4. The minimum Gasteiger partial charge on any atom is -0.486 e. The zero-order valence-electron chi connectivity index (χ0n) is 14.4. The van der Waals surface area contributed by atoms with Crippen LogP contribution in [-0.4, -0.2) is 62.1 Å². The number of carbonyl (C=O) groups is 2. The smallest absolute Gasteiger partial charge is 0.239 e. The van der Waals surface area contributed by atoms with E-state index in [9.17, 15) is 9.59 Å². The minimum atomic E-state index is -0.575. The molecule has 0 aromatic heterocycles. The van der Waals surface area contributed by atoms with Gasteiger partial charge in [0.2, 0.25) is 11.8 Å². The van der Waals surface area contributed by atoms with E-state index in [4.69, 9.17) is 9.47 Å². The second-order valence-corrected chi connectivity index (χ2v) is 6.74. The lowest BCUT2D eigenvalue weighted by atomic mass is 10.0. The van der Waals surface area contributed by atoms with Crippen LogP contribution in [0.25, 0.3) is 0 Å². The van der Waals surface area contributed by atoms with Gasteiger partial charge in [-0.3, -0.25) is 9.59 Å². The lowest BCUT2D eigenvalue weighted by molar-refractivity contribution is -0.142. The summed E-state index contributed by atoms with van der Waals surface area (Å²) in [6.45, 7) is 5.83. The highest BCUT2D eigenvalue weighted by Gasteiger charge is 2.41. The molecule has 0 saturated carbocycles. The third kappa shape index (κ3) is 2.93. The van der Waals surface area contributed by atoms with Crippen molar-refractivity contribution in [2.45, 2.75) is 19.4 Å². The van der Waals surface area contributed by atoms with Gasteiger partial charge in [-0.25, -0.2) is 0 Å². The number of piperazine rings is 1. The van der Waals surface area contributed by atoms with Gasteiger partial charge in [0.15, 0.2) is 11.5 Å². The van der Waals surface area contributed by atoms with Crippen molar-refractivity contribution in [2.24, 2.45) is 5.92 Å². The molecule has 2 amide bonds. The summed E-state index contributed by atoms with van der Waals surface area (Å²) < 4.78 is 11.1. The highest BCUT2D eigenvalue weighted by molar-refractivity contribution is 6.09. The minimum absolute atomic E-state index is 0.0426. The molecule has 25 heavy (non-hydrogen) atoms. The average Bonchev–Trinajstić information content (AvgIpc) is 3.02. The van der Waals surface area contributed by atoms with Gasteiger partial charge in [0.25, 0.3) is 0 Å². The Kier molecular flexibility index (Phi) is 4.25. The summed E-state index contributed by atoms with van der Waals surface area (Å²) in [5.41, 5.74) is 0.762. The van der Waals surface area contributed by atoms with Gasteiger partial charge in [0.1, 0.15) is 19.1 Å². The number of ether oxygens (including phenoxy) is 2. The Hall–Kier alpha value is -2.28. The van der Waals surface area contributed by atoms with E-state index in [-0.39, 0.29) is 17.9 Å². The molecule has 3 aliphatic heterocycles. The molecule has 1 N–H and O–H groups in total. The predicted octanol–water partition coefficient (Wildman–Crippen LogP) is 0.631. The maximum atomic E-state index is 12.9. The van der Waals surface area contributed by atoms with Crippen LogP contribution in [0, 0.1) is 5.92 Å². The van der Waals surface area contributed by atoms with Crippen molar-refractivity contribution >= 4 is 17.5 Å². The number of hydrogen-bond donors (Lipinski definition) is 1. The summed E-state index contributed by atoms with van der Waals surface area (Å²) in [5.74, 6) is 0.617. The molecule has 0 radical (unpaired) electrons. The summed E-state index contributed by atoms with van der Waals surface area (Å²) in [6, 6.07) is 5.63. The molecule has 7 nitrogen and oxygen atoms in total. The van der Waals surface area contributed by atoms with Crippen molar-refractivity contribution in [2.75, 3.05) is 44.3 Å². The fraction of sp³-hybridized carbons (Fsp3) is 0.556. The van der Waals surface area contributed by atoms with E-state index in [2.05, 4.69) is 5.32 Å². The molecule has 4 rings (SSSR count). The first-order valence-corrected chi connectivity index (χ1v) is 8.87. The number of hydrogen-bond acceptors (Lipinski definition) is 5. The number of fused-ring (bicyclic) bond motifs is 1. The summed E-state index contributed by atoms with van der Waals surface area (Å²) in [6.07, 6.45) is 0.558. The first-order chi connectivity index (χ1) is 12.1. The molecule has 0 spiro atoms. The molecule has 1 aromatic rings. The Balaban J connectivity index is 1.50. The summed E-state index contributed by atoms with van der Waals surface area (Å²) in [7, 11) is 0. The van der Waals surface area contributed by atoms with Crippen LogP contribution < -0.4 is 19.7 Å². The van der Waals surface area contributed by atoms with Crippen molar-refractivity contribution < 1.29 is 19.1 Å². The molecule has 3 heterocycles. The van der Waals surface area contributed by atoms with E-state index in [1.54, 1.807) is 4.90 Å². The van der Waals surface area contributed by atoms with Gasteiger partial charge in [0.05, 0.1) is 0 Å². The summed E-state index contributed by atoms with van der Waals surface area (Å²) in [5, 5.41) is 3.27. The number of rotatable bonds is 2. The van der Waals surface area contributed by atoms with Crippen LogP contribution in [0.2, 0.25) is 0 Å². The molecule has 0 bridgehead atoms. The molecule has 2 atom stereocenters. The molecule has 2 fully saturated rings. The summed E-state index contributed by atoms with van der Waals surface area (Å²) >= 11 is 0. The molecule has 2 saturated heterocycles. The molecule has 0 aliphatic carbocycles. The normalized spacial score (nSPS) is 26.0.